The fraction of sp³-hybridized carbons (Fsp3) is 0.333. The molecule has 0 saturated heterocycles. The smallest absolute Gasteiger partial charge is 0.322 e. The van der Waals surface area contributed by atoms with Gasteiger partial charge in [-0.1, -0.05) is 18.2 Å². The van der Waals surface area contributed by atoms with Crippen LogP contribution in [0.4, 0.5) is 16.2 Å². The number of carbonyl (C=O) groups excluding carboxylic acids is 1. The second-order valence-electron chi connectivity index (χ2n) is 6.14. The fourth-order valence-electron chi connectivity index (χ4n) is 3.11. The largest absolute Gasteiger partial charge is 0.398 e. The molecule has 4 N–H and O–H groups in total. The summed E-state index contributed by atoms with van der Waals surface area (Å²) in [4.78, 5) is 14.3. The van der Waals surface area contributed by atoms with Crippen molar-refractivity contribution in [3.8, 4) is 0 Å². The molecule has 3 rings (SSSR count). The molecule has 1 aromatic rings. The SMILES string of the molecule is CC(=N)c1cc2c(cc1N)NC(=O)N([C@H](C)C1=CCCC=C1)C2. The van der Waals surface area contributed by atoms with Gasteiger partial charge < -0.3 is 21.4 Å². The number of nitrogen functional groups attached to an aromatic ring is 1. The molecular weight excluding hydrogens is 288 g/mol. The first kappa shape index (κ1) is 15.3. The minimum Gasteiger partial charge on any atom is -0.398 e. The molecule has 1 atom stereocenters. The molecule has 0 unspecified atom stereocenters. The highest BCUT2D eigenvalue weighted by molar-refractivity contribution is 6.03. The second kappa shape index (κ2) is 5.91. The third kappa shape index (κ3) is 2.86. The average Bonchev–Trinajstić information content (AvgIpc) is 2.53. The molecule has 0 saturated carbocycles. The number of nitrogens with zero attached hydrogens (tertiary/aromatic N) is 1. The van der Waals surface area contributed by atoms with Crippen molar-refractivity contribution in [1.29, 1.82) is 5.41 Å². The van der Waals surface area contributed by atoms with Crippen molar-refractivity contribution in [2.24, 2.45) is 0 Å². The van der Waals surface area contributed by atoms with Crippen LogP contribution in [0.5, 0.6) is 0 Å². The Balaban J connectivity index is 1.91. The number of nitrogens with one attached hydrogen (secondary N) is 2. The van der Waals surface area contributed by atoms with Crippen LogP contribution in [-0.4, -0.2) is 22.7 Å². The number of rotatable bonds is 3. The van der Waals surface area contributed by atoms with Crippen LogP contribution in [0.25, 0.3) is 0 Å². The maximum Gasteiger partial charge on any atom is 0.322 e. The maximum absolute atomic E-state index is 12.5. The van der Waals surface area contributed by atoms with Crippen LogP contribution in [0.3, 0.4) is 0 Å². The lowest BCUT2D eigenvalue weighted by atomic mass is 9.97. The van der Waals surface area contributed by atoms with E-state index in [0.29, 0.717) is 17.9 Å². The minimum absolute atomic E-state index is 0.0155. The van der Waals surface area contributed by atoms with Crippen LogP contribution in [0, 0.1) is 5.41 Å². The van der Waals surface area contributed by atoms with E-state index >= 15 is 0 Å². The highest BCUT2D eigenvalue weighted by atomic mass is 16.2. The normalized spacial score (nSPS) is 18.1. The number of amides is 2. The Bertz CT molecular complexity index is 733. The molecular formula is C18H22N4O. The van der Waals surface area contributed by atoms with Crippen LogP contribution in [0.1, 0.15) is 37.8 Å². The number of carbonyl (C=O) groups is 1. The minimum atomic E-state index is -0.108. The summed E-state index contributed by atoms with van der Waals surface area (Å²) in [6.45, 7) is 4.29. The van der Waals surface area contributed by atoms with E-state index in [1.807, 2.05) is 17.9 Å². The summed E-state index contributed by atoms with van der Waals surface area (Å²) in [5, 5.41) is 10.8. The Hall–Kier alpha value is -2.56. The van der Waals surface area contributed by atoms with Crippen molar-refractivity contribution in [2.75, 3.05) is 11.1 Å². The van der Waals surface area contributed by atoms with Gasteiger partial charge in [0.05, 0.1) is 12.6 Å². The number of anilines is 2. The van der Waals surface area contributed by atoms with Crippen molar-refractivity contribution >= 4 is 23.1 Å². The molecule has 5 nitrogen and oxygen atoms in total. The summed E-state index contributed by atoms with van der Waals surface area (Å²) in [5.74, 6) is 0. The summed E-state index contributed by atoms with van der Waals surface area (Å²) in [6.07, 6.45) is 8.54. The van der Waals surface area contributed by atoms with Crippen molar-refractivity contribution in [2.45, 2.75) is 39.3 Å². The molecule has 0 bridgehead atoms. The molecule has 2 amide bonds. The molecule has 23 heavy (non-hydrogen) atoms. The number of nitrogens with two attached hydrogens (primary N) is 1. The van der Waals surface area contributed by atoms with Gasteiger partial charge >= 0.3 is 6.03 Å². The standard InChI is InChI=1S/C18H22N4O/c1-11(19)15-8-14-10-22(12(2)13-6-4-3-5-7-13)18(23)21-17(14)9-16(15)20/h4,6-9,12,19H,3,5,10,20H2,1-2H3,(H,21,23)/t12-/m1/s1. The monoisotopic (exact) mass is 310 g/mol. The van der Waals surface area contributed by atoms with Crippen molar-refractivity contribution in [1.82, 2.24) is 4.90 Å². The average molecular weight is 310 g/mol. The third-order valence-electron chi connectivity index (χ3n) is 4.50. The maximum atomic E-state index is 12.5. The first-order valence-electron chi connectivity index (χ1n) is 7.89. The molecule has 1 aliphatic heterocycles. The van der Waals surface area contributed by atoms with E-state index in [9.17, 15) is 4.79 Å². The summed E-state index contributed by atoms with van der Waals surface area (Å²) >= 11 is 0. The zero-order valence-electron chi connectivity index (χ0n) is 13.5. The van der Waals surface area contributed by atoms with Crippen molar-refractivity contribution in [3.05, 3.63) is 47.1 Å². The van der Waals surface area contributed by atoms with Gasteiger partial charge in [-0.15, -0.1) is 0 Å². The Labute approximate surface area is 136 Å². The number of allylic oxidation sites excluding steroid dienone is 2. The molecule has 1 heterocycles. The van der Waals surface area contributed by atoms with Crippen LogP contribution < -0.4 is 11.1 Å². The lowest BCUT2D eigenvalue weighted by Gasteiger charge is -2.35. The third-order valence-corrected chi connectivity index (χ3v) is 4.50. The zero-order valence-corrected chi connectivity index (χ0v) is 13.5. The van der Waals surface area contributed by atoms with Gasteiger partial charge in [-0.3, -0.25) is 0 Å². The van der Waals surface area contributed by atoms with E-state index in [0.717, 1.165) is 29.7 Å². The molecule has 5 heteroatoms. The molecule has 0 spiro atoms. The molecule has 0 radical (unpaired) electrons. The molecule has 1 aliphatic carbocycles. The van der Waals surface area contributed by atoms with Crippen molar-refractivity contribution in [3.63, 3.8) is 0 Å². The Morgan fingerprint density at radius 2 is 2.17 bits per heavy atom. The van der Waals surface area contributed by atoms with Crippen LogP contribution in [0.2, 0.25) is 0 Å². The van der Waals surface area contributed by atoms with Gasteiger partial charge in [0.2, 0.25) is 0 Å². The number of urea groups is 1. The molecule has 1 aromatic carbocycles. The van der Waals surface area contributed by atoms with Crippen LogP contribution in [0.15, 0.2) is 35.9 Å². The van der Waals surface area contributed by atoms with Gasteiger partial charge in [-0.25, -0.2) is 4.79 Å². The quantitative estimate of drug-likeness (QED) is 0.588. The predicted molar refractivity (Wildman–Crippen MR) is 93.8 cm³/mol. The van der Waals surface area contributed by atoms with Gasteiger partial charge in [-0.2, -0.15) is 0 Å². The van der Waals surface area contributed by atoms with Gasteiger partial charge in [0.15, 0.2) is 0 Å². The summed E-state index contributed by atoms with van der Waals surface area (Å²) in [7, 11) is 0. The second-order valence-corrected chi connectivity index (χ2v) is 6.14. The highest BCUT2D eigenvalue weighted by Gasteiger charge is 2.28. The predicted octanol–water partition coefficient (Wildman–Crippen LogP) is 3.67. The number of fused-ring (bicyclic) bond motifs is 1. The van der Waals surface area contributed by atoms with Crippen LogP contribution in [-0.2, 0) is 6.54 Å². The Kier molecular flexibility index (Phi) is 3.94. The summed E-state index contributed by atoms with van der Waals surface area (Å²) < 4.78 is 0. The molecule has 0 fully saturated rings. The Morgan fingerprint density at radius 3 is 2.83 bits per heavy atom. The molecule has 2 aliphatic rings. The highest BCUT2D eigenvalue weighted by Crippen LogP contribution is 2.31. The van der Waals surface area contributed by atoms with E-state index in [1.54, 1.807) is 13.0 Å². The fourth-order valence-corrected chi connectivity index (χ4v) is 3.11. The van der Waals surface area contributed by atoms with Gasteiger partial charge in [0, 0.05) is 22.6 Å². The Morgan fingerprint density at radius 1 is 1.39 bits per heavy atom. The number of hydrogen-bond acceptors (Lipinski definition) is 3. The topological polar surface area (TPSA) is 82.2 Å². The lowest BCUT2D eigenvalue weighted by Crippen LogP contribution is -2.44. The zero-order chi connectivity index (χ0) is 16.6. The molecule has 0 aromatic heterocycles. The molecule has 120 valence electrons. The van der Waals surface area contributed by atoms with E-state index in [4.69, 9.17) is 11.1 Å². The lowest BCUT2D eigenvalue weighted by molar-refractivity contribution is 0.195. The van der Waals surface area contributed by atoms with Gasteiger partial charge in [0.1, 0.15) is 0 Å². The van der Waals surface area contributed by atoms with Gasteiger partial charge in [0.25, 0.3) is 0 Å². The van der Waals surface area contributed by atoms with E-state index in [1.165, 1.54) is 5.57 Å². The van der Waals surface area contributed by atoms with Crippen LogP contribution >= 0.6 is 0 Å². The number of benzene rings is 1. The summed E-state index contributed by atoms with van der Waals surface area (Å²) in [5.41, 5.74) is 10.6. The van der Waals surface area contributed by atoms with E-state index in [2.05, 4.69) is 23.5 Å². The van der Waals surface area contributed by atoms with Gasteiger partial charge in [-0.05, 0) is 50.0 Å². The first-order valence-corrected chi connectivity index (χ1v) is 7.89. The number of hydrogen-bond donors (Lipinski definition) is 3. The van der Waals surface area contributed by atoms with E-state index < -0.39 is 0 Å². The van der Waals surface area contributed by atoms with E-state index in [-0.39, 0.29) is 12.1 Å². The first-order chi connectivity index (χ1) is 11.0. The van der Waals surface area contributed by atoms with Crippen molar-refractivity contribution < 1.29 is 4.79 Å². The summed E-state index contributed by atoms with van der Waals surface area (Å²) in [6, 6.07) is 3.57.